The zero-order chi connectivity index (χ0) is 23.4. The van der Waals surface area contributed by atoms with Gasteiger partial charge in [0.15, 0.2) is 5.82 Å². The third-order valence-corrected chi connectivity index (χ3v) is 5.66. The van der Waals surface area contributed by atoms with Crippen molar-refractivity contribution in [3.8, 4) is 28.3 Å². The average Bonchev–Trinajstić information content (AvgIpc) is 3.34. The van der Waals surface area contributed by atoms with E-state index >= 15 is 0 Å². The van der Waals surface area contributed by atoms with Crippen LogP contribution in [0.2, 0.25) is 0 Å². The number of H-pyrrole nitrogens is 1. The van der Waals surface area contributed by atoms with Crippen LogP contribution in [0.25, 0.3) is 22.5 Å². The summed E-state index contributed by atoms with van der Waals surface area (Å²) >= 11 is 0. The van der Waals surface area contributed by atoms with Crippen LogP contribution in [0, 0.1) is 0 Å². The summed E-state index contributed by atoms with van der Waals surface area (Å²) in [6.45, 7) is 3.38. The van der Waals surface area contributed by atoms with Crippen LogP contribution in [0.1, 0.15) is 23.2 Å². The molecule has 3 aromatic rings. The minimum atomic E-state index is -0.981. The fraction of sp³-hybridized carbons (Fsp3) is 0.261. The zero-order valence-electron chi connectivity index (χ0n) is 18.0. The van der Waals surface area contributed by atoms with Crippen molar-refractivity contribution < 1.29 is 14.6 Å². The molecule has 0 unspecified atom stereocenters. The maximum absolute atomic E-state index is 12.3. The lowest BCUT2D eigenvalue weighted by molar-refractivity contribution is 0.0697. The van der Waals surface area contributed by atoms with Gasteiger partial charge < -0.3 is 26.0 Å². The second-order valence-corrected chi connectivity index (χ2v) is 7.81. The van der Waals surface area contributed by atoms with Crippen LogP contribution in [-0.4, -0.2) is 52.2 Å². The SMILES string of the molecule is NNc1nc(-c2ccc(-c3ccc(C(=O)O)cc3)cc2OCCN2CCCC2)[nH]c(=O)c1N. The summed E-state index contributed by atoms with van der Waals surface area (Å²) in [5.74, 6) is 5.36. The van der Waals surface area contributed by atoms with Crippen molar-refractivity contribution >= 4 is 17.5 Å². The third kappa shape index (κ3) is 4.97. The topological polar surface area (TPSA) is 160 Å². The van der Waals surface area contributed by atoms with Crippen LogP contribution in [0.4, 0.5) is 11.5 Å². The molecule has 7 N–H and O–H groups in total. The van der Waals surface area contributed by atoms with Gasteiger partial charge in [-0.3, -0.25) is 9.69 Å². The van der Waals surface area contributed by atoms with Gasteiger partial charge in [0, 0.05) is 6.54 Å². The number of hydrogen-bond donors (Lipinski definition) is 5. The Kier molecular flexibility index (Phi) is 6.57. The van der Waals surface area contributed by atoms with Gasteiger partial charge in [0.1, 0.15) is 23.9 Å². The molecule has 2 heterocycles. The molecular weight excluding hydrogens is 424 g/mol. The molecule has 0 radical (unpaired) electrons. The highest BCUT2D eigenvalue weighted by molar-refractivity contribution is 5.88. The summed E-state index contributed by atoms with van der Waals surface area (Å²) in [5, 5.41) is 9.14. The summed E-state index contributed by atoms with van der Waals surface area (Å²) in [7, 11) is 0. The van der Waals surface area contributed by atoms with Crippen LogP contribution in [0.5, 0.6) is 5.75 Å². The Morgan fingerprint density at radius 2 is 1.85 bits per heavy atom. The molecule has 1 aromatic heterocycles. The molecule has 0 amide bonds. The normalized spacial score (nSPS) is 13.7. The Morgan fingerprint density at radius 3 is 2.52 bits per heavy atom. The van der Waals surface area contributed by atoms with Gasteiger partial charge in [-0.1, -0.05) is 18.2 Å². The van der Waals surface area contributed by atoms with Gasteiger partial charge in [0.05, 0.1) is 11.1 Å². The van der Waals surface area contributed by atoms with Gasteiger partial charge >= 0.3 is 5.97 Å². The lowest BCUT2D eigenvalue weighted by Gasteiger charge is -2.17. The summed E-state index contributed by atoms with van der Waals surface area (Å²) in [6, 6.07) is 12.1. The van der Waals surface area contributed by atoms with Crippen molar-refractivity contribution in [2.24, 2.45) is 5.84 Å². The van der Waals surface area contributed by atoms with E-state index in [1.54, 1.807) is 30.3 Å². The number of nitrogens with two attached hydrogens (primary N) is 2. The Labute approximate surface area is 190 Å². The van der Waals surface area contributed by atoms with E-state index in [4.69, 9.17) is 21.4 Å². The monoisotopic (exact) mass is 450 g/mol. The first-order valence-electron chi connectivity index (χ1n) is 10.7. The molecule has 1 fully saturated rings. The molecule has 2 aromatic carbocycles. The van der Waals surface area contributed by atoms with Crippen molar-refractivity contribution in [1.29, 1.82) is 0 Å². The number of anilines is 2. The average molecular weight is 450 g/mol. The fourth-order valence-corrected chi connectivity index (χ4v) is 3.83. The third-order valence-electron chi connectivity index (χ3n) is 5.66. The molecule has 4 rings (SSSR count). The molecule has 10 nitrogen and oxygen atoms in total. The number of carbonyl (C=O) groups is 1. The van der Waals surface area contributed by atoms with Crippen molar-refractivity contribution in [2.75, 3.05) is 37.4 Å². The highest BCUT2D eigenvalue weighted by Gasteiger charge is 2.16. The van der Waals surface area contributed by atoms with Gasteiger partial charge in [-0.25, -0.2) is 15.6 Å². The van der Waals surface area contributed by atoms with Gasteiger partial charge in [-0.2, -0.15) is 0 Å². The fourth-order valence-electron chi connectivity index (χ4n) is 3.83. The first-order valence-corrected chi connectivity index (χ1v) is 10.7. The van der Waals surface area contributed by atoms with Crippen LogP contribution in [0.3, 0.4) is 0 Å². The van der Waals surface area contributed by atoms with Crippen LogP contribution < -0.4 is 27.3 Å². The number of aromatic amines is 1. The first-order chi connectivity index (χ1) is 16.0. The number of benzene rings is 2. The minimum absolute atomic E-state index is 0.0742. The lowest BCUT2D eigenvalue weighted by atomic mass is 10.0. The van der Waals surface area contributed by atoms with Gasteiger partial charge in [-0.15, -0.1) is 0 Å². The van der Waals surface area contributed by atoms with Crippen molar-refractivity contribution in [2.45, 2.75) is 12.8 Å². The van der Waals surface area contributed by atoms with E-state index in [-0.39, 0.29) is 22.9 Å². The van der Waals surface area contributed by atoms with Crippen molar-refractivity contribution in [3.05, 3.63) is 58.4 Å². The number of likely N-dealkylation sites (tertiary alicyclic amines) is 1. The molecule has 0 bridgehead atoms. The molecule has 1 saturated heterocycles. The number of carboxylic acids is 1. The number of carboxylic acid groups (broad SMARTS) is 1. The molecule has 0 aliphatic carbocycles. The Morgan fingerprint density at radius 1 is 1.15 bits per heavy atom. The number of aromatic carboxylic acids is 1. The van der Waals surface area contributed by atoms with E-state index in [1.165, 1.54) is 12.8 Å². The first kappa shape index (κ1) is 22.3. The largest absolute Gasteiger partial charge is 0.491 e. The summed E-state index contributed by atoms with van der Waals surface area (Å²) in [4.78, 5) is 32.8. The molecule has 1 aliphatic heterocycles. The number of hydrazine groups is 1. The van der Waals surface area contributed by atoms with Gasteiger partial charge in [0.2, 0.25) is 0 Å². The van der Waals surface area contributed by atoms with Crippen molar-refractivity contribution in [1.82, 2.24) is 14.9 Å². The number of hydrogen-bond acceptors (Lipinski definition) is 8. The summed E-state index contributed by atoms with van der Waals surface area (Å²) in [6.07, 6.45) is 2.39. The maximum Gasteiger partial charge on any atom is 0.335 e. The molecule has 0 saturated carbocycles. The number of aromatic nitrogens is 2. The number of rotatable bonds is 8. The Balaban J connectivity index is 1.69. The molecule has 33 heavy (non-hydrogen) atoms. The van der Waals surface area contributed by atoms with Crippen LogP contribution >= 0.6 is 0 Å². The standard InChI is InChI=1S/C23H26N6O4/c24-19-21(28-25)26-20(27-22(19)30)17-8-7-16(14-3-5-15(6-4-14)23(31)32)13-18(17)33-12-11-29-9-1-2-10-29/h3-8,13H,1-2,9-12,24-25H2,(H,31,32)(H2,26,27,28,30). The number of nitrogen functional groups attached to an aromatic ring is 2. The smallest absolute Gasteiger partial charge is 0.335 e. The summed E-state index contributed by atoms with van der Waals surface area (Å²) in [5.41, 5.74) is 9.92. The highest BCUT2D eigenvalue weighted by Crippen LogP contribution is 2.33. The van der Waals surface area contributed by atoms with Gasteiger partial charge in [-0.05, 0) is 61.3 Å². The molecule has 10 heteroatoms. The predicted octanol–water partition coefficient (Wildman–Crippen LogP) is 2.14. The van der Waals surface area contributed by atoms with Crippen molar-refractivity contribution in [3.63, 3.8) is 0 Å². The quantitative estimate of drug-likeness (QED) is 0.256. The number of nitrogens with zero attached hydrogens (tertiary/aromatic N) is 2. The minimum Gasteiger partial charge on any atom is -0.491 e. The van der Waals surface area contributed by atoms with E-state index in [9.17, 15) is 9.59 Å². The maximum atomic E-state index is 12.3. The number of ether oxygens (including phenoxy) is 1. The van der Waals surface area contributed by atoms with E-state index in [0.29, 0.717) is 17.9 Å². The second kappa shape index (κ2) is 9.72. The Bertz CT molecular complexity index is 1200. The van der Waals surface area contributed by atoms with Crippen LogP contribution in [0.15, 0.2) is 47.3 Å². The molecule has 0 atom stereocenters. The van der Waals surface area contributed by atoms with E-state index < -0.39 is 11.5 Å². The van der Waals surface area contributed by atoms with E-state index in [0.717, 1.165) is 30.8 Å². The summed E-state index contributed by atoms with van der Waals surface area (Å²) < 4.78 is 6.14. The van der Waals surface area contributed by atoms with Gasteiger partial charge in [0.25, 0.3) is 5.56 Å². The molecule has 172 valence electrons. The Hall–Kier alpha value is -3.89. The van der Waals surface area contributed by atoms with E-state index in [2.05, 4.69) is 20.3 Å². The lowest BCUT2D eigenvalue weighted by Crippen LogP contribution is -2.25. The second-order valence-electron chi connectivity index (χ2n) is 7.81. The molecule has 1 aliphatic rings. The van der Waals surface area contributed by atoms with E-state index in [1.807, 2.05) is 12.1 Å². The molecular formula is C23H26N6O4. The molecule has 0 spiro atoms. The van der Waals surface area contributed by atoms with Crippen LogP contribution in [-0.2, 0) is 0 Å². The highest BCUT2D eigenvalue weighted by atomic mass is 16.5. The zero-order valence-corrected chi connectivity index (χ0v) is 18.0. The number of nitrogens with one attached hydrogen (secondary N) is 2. The predicted molar refractivity (Wildman–Crippen MR) is 126 cm³/mol.